The Balaban J connectivity index is 1.44. The summed E-state index contributed by atoms with van der Waals surface area (Å²) in [5.41, 5.74) is 2.38. The largest absolute Gasteiger partial charge is 0.322 e. The highest BCUT2D eigenvalue weighted by atomic mass is 16.2. The number of rotatable bonds is 4. The van der Waals surface area contributed by atoms with Gasteiger partial charge in [-0.15, -0.1) is 0 Å². The molecule has 0 fully saturated rings. The Morgan fingerprint density at radius 1 is 0.963 bits per heavy atom. The van der Waals surface area contributed by atoms with Crippen molar-refractivity contribution >= 4 is 28.8 Å². The van der Waals surface area contributed by atoms with Gasteiger partial charge in [-0.05, 0) is 36.4 Å². The van der Waals surface area contributed by atoms with Crippen molar-refractivity contribution in [2.45, 2.75) is 0 Å². The number of hydrogen-bond acceptors (Lipinski definition) is 5. The van der Waals surface area contributed by atoms with Gasteiger partial charge in [0.05, 0.1) is 6.20 Å². The zero-order valence-corrected chi connectivity index (χ0v) is 14.3. The maximum atomic E-state index is 12.5. The van der Waals surface area contributed by atoms with Crippen LogP contribution in [0.1, 0.15) is 20.8 Å². The molecule has 0 unspecified atom stereocenters. The number of benzene rings is 1. The molecule has 9 nitrogen and oxygen atoms in total. The Bertz CT molecular complexity index is 1130. The predicted octanol–water partition coefficient (Wildman–Crippen LogP) is 1.97. The van der Waals surface area contributed by atoms with Crippen molar-refractivity contribution in [3.8, 4) is 0 Å². The van der Waals surface area contributed by atoms with Crippen molar-refractivity contribution in [2.24, 2.45) is 7.05 Å². The highest BCUT2D eigenvalue weighted by molar-refractivity contribution is 6.08. The van der Waals surface area contributed by atoms with E-state index >= 15 is 0 Å². The van der Waals surface area contributed by atoms with Crippen LogP contribution in [-0.2, 0) is 7.05 Å². The molecule has 0 saturated carbocycles. The SMILES string of the molecule is Cn1ccc(C(=O)Nc2ccc(NC(=O)c3cnn4cccnc34)cc2)n1. The van der Waals surface area contributed by atoms with E-state index in [1.54, 1.807) is 66.7 Å². The number of carbonyl (C=O) groups excluding carboxylic acids is 2. The smallest absolute Gasteiger partial charge is 0.276 e. The second kappa shape index (κ2) is 6.71. The van der Waals surface area contributed by atoms with E-state index in [0.29, 0.717) is 28.3 Å². The molecule has 134 valence electrons. The summed E-state index contributed by atoms with van der Waals surface area (Å²) in [7, 11) is 1.74. The summed E-state index contributed by atoms with van der Waals surface area (Å²) in [5.74, 6) is -0.612. The lowest BCUT2D eigenvalue weighted by Crippen LogP contribution is -2.14. The third-order valence-corrected chi connectivity index (χ3v) is 3.87. The lowest BCUT2D eigenvalue weighted by atomic mass is 10.2. The average Bonchev–Trinajstić information content (AvgIpc) is 3.29. The molecule has 3 aromatic heterocycles. The molecular formula is C18H15N7O2. The molecular weight excluding hydrogens is 346 g/mol. The van der Waals surface area contributed by atoms with E-state index in [9.17, 15) is 9.59 Å². The fourth-order valence-corrected chi connectivity index (χ4v) is 2.55. The molecule has 9 heteroatoms. The van der Waals surface area contributed by atoms with Crippen LogP contribution in [0.15, 0.2) is 61.2 Å². The van der Waals surface area contributed by atoms with Gasteiger partial charge in [0.2, 0.25) is 0 Å². The molecule has 0 aliphatic carbocycles. The third-order valence-electron chi connectivity index (χ3n) is 3.87. The van der Waals surface area contributed by atoms with E-state index in [1.165, 1.54) is 10.7 Å². The van der Waals surface area contributed by atoms with Crippen LogP contribution in [-0.4, -0.2) is 36.2 Å². The molecule has 0 radical (unpaired) electrons. The van der Waals surface area contributed by atoms with Crippen LogP contribution >= 0.6 is 0 Å². The quantitative estimate of drug-likeness (QED) is 0.578. The first-order valence-corrected chi connectivity index (χ1v) is 8.11. The summed E-state index contributed by atoms with van der Waals surface area (Å²) in [5, 5.41) is 13.7. The van der Waals surface area contributed by atoms with E-state index in [-0.39, 0.29) is 11.8 Å². The molecule has 4 aromatic rings. The topological polar surface area (TPSA) is 106 Å². The number of carbonyl (C=O) groups is 2. The number of aryl methyl sites for hydroxylation is 1. The number of nitrogens with one attached hydrogen (secondary N) is 2. The Kier molecular flexibility index (Phi) is 4.09. The Morgan fingerprint density at radius 2 is 1.67 bits per heavy atom. The average molecular weight is 361 g/mol. The summed E-state index contributed by atoms with van der Waals surface area (Å²) in [4.78, 5) is 28.7. The Morgan fingerprint density at radius 3 is 2.33 bits per heavy atom. The first kappa shape index (κ1) is 16.5. The highest BCUT2D eigenvalue weighted by Gasteiger charge is 2.14. The van der Waals surface area contributed by atoms with Crippen molar-refractivity contribution in [3.05, 3.63) is 72.4 Å². The molecule has 0 saturated heterocycles. The van der Waals surface area contributed by atoms with E-state index in [2.05, 4.69) is 25.8 Å². The van der Waals surface area contributed by atoms with Crippen molar-refractivity contribution in [1.29, 1.82) is 0 Å². The summed E-state index contributed by atoms with van der Waals surface area (Å²) in [6, 6.07) is 10.2. The van der Waals surface area contributed by atoms with Crippen molar-refractivity contribution in [3.63, 3.8) is 0 Å². The van der Waals surface area contributed by atoms with Gasteiger partial charge in [0.25, 0.3) is 11.8 Å². The first-order chi connectivity index (χ1) is 13.1. The number of amides is 2. The number of hydrogen-bond donors (Lipinski definition) is 2. The van der Waals surface area contributed by atoms with Crippen LogP contribution in [0, 0.1) is 0 Å². The second-order valence-corrected chi connectivity index (χ2v) is 5.81. The van der Waals surface area contributed by atoms with Gasteiger partial charge in [-0.25, -0.2) is 9.50 Å². The fourth-order valence-electron chi connectivity index (χ4n) is 2.55. The maximum Gasteiger partial charge on any atom is 0.276 e. The summed E-state index contributed by atoms with van der Waals surface area (Å²) in [6.07, 6.45) is 6.49. The molecule has 1 aromatic carbocycles. The summed E-state index contributed by atoms with van der Waals surface area (Å²) < 4.78 is 3.09. The van der Waals surface area contributed by atoms with Gasteiger partial charge >= 0.3 is 0 Å². The van der Waals surface area contributed by atoms with Gasteiger partial charge in [0, 0.05) is 37.0 Å². The van der Waals surface area contributed by atoms with Gasteiger partial charge in [-0.1, -0.05) is 0 Å². The molecule has 0 atom stereocenters. The third kappa shape index (κ3) is 3.38. The molecule has 0 spiro atoms. The van der Waals surface area contributed by atoms with Gasteiger partial charge in [0.15, 0.2) is 11.3 Å². The molecule has 4 rings (SSSR count). The normalized spacial score (nSPS) is 10.7. The van der Waals surface area contributed by atoms with Crippen LogP contribution < -0.4 is 10.6 Å². The maximum absolute atomic E-state index is 12.5. The standard InChI is InChI=1S/C18H15N7O2/c1-24-10-7-15(23-24)18(27)22-13-5-3-12(4-6-13)21-17(26)14-11-20-25-9-2-8-19-16(14)25/h2-11H,1H3,(H,21,26)(H,22,27). The number of nitrogens with zero attached hydrogens (tertiary/aromatic N) is 5. The molecule has 0 bridgehead atoms. The van der Waals surface area contributed by atoms with Crippen LogP contribution in [0.4, 0.5) is 11.4 Å². The highest BCUT2D eigenvalue weighted by Crippen LogP contribution is 2.16. The van der Waals surface area contributed by atoms with Gasteiger partial charge < -0.3 is 10.6 Å². The Hall–Kier alpha value is -4.01. The summed E-state index contributed by atoms with van der Waals surface area (Å²) >= 11 is 0. The van der Waals surface area contributed by atoms with E-state index in [4.69, 9.17) is 0 Å². The fraction of sp³-hybridized carbons (Fsp3) is 0.0556. The number of aromatic nitrogens is 5. The molecule has 0 aliphatic rings. The zero-order valence-electron chi connectivity index (χ0n) is 14.3. The lowest BCUT2D eigenvalue weighted by Gasteiger charge is -2.07. The molecule has 27 heavy (non-hydrogen) atoms. The van der Waals surface area contributed by atoms with Crippen LogP contribution in [0.3, 0.4) is 0 Å². The first-order valence-electron chi connectivity index (χ1n) is 8.11. The van der Waals surface area contributed by atoms with Crippen LogP contribution in [0.5, 0.6) is 0 Å². The summed E-state index contributed by atoms with van der Waals surface area (Å²) in [6.45, 7) is 0. The van der Waals surface area contributed by atoms with E-state index in [0.717, 1.165) is 0 Å². The number of anilines is 2. The minimum absolute atomic E-state index is 0.301. The molecule has 2 N–H and O–H groups in total. The monoisotopic (exact) mass is 361 g/mol. The lowest BCUT2D eigenvalue weighted by molar-refractivity contribution is 0.101. The van der Waals surface area contributed by atoms with Crippen molar-refractivity contribution < 1.29 is 9.59 Å². The van der Waals surface area contributed by atoms with Gasteiger partial charge in [0.1, 0.15) is 5.56 Å². The van der Waals surface area contributed by atoms with Crippen LogP contribution in [0.2, 0.25) is 0 Å². The van der Waals surface area contributed by atoms with Crippen LogP contribution in [0.25, 0.3) is 5.65 Å². The zero-order chi connectivity index (χ0) is 18.8. The second-order valence-electron chi connectivity index (χ2n) is 5.81. The van der Waals surface area contributed by atoms with Crippen molar-refractivity contribution in [1.82, 2.24) is 24.4 Å². The van der Waals surface area contributed by atoms with Gasteiger partial charge in [-0.3, -0.25) is 14.3 Å². The minimum atomic E-state index is -0.311. The van der Waals surface area contributed by atoms with E-state index < -0.39 is 0 Å². The molecule has 3 heterocycles. The molecule has 0 aliphatic heterocycles. The van der Waals surface area contributed by atoms with E-state index in [1.807, 2.05) is 0 Å². The predicted molar refractivity (Wildman–Crippen MR) is 98.5 cm³/mol. The minimum Gasteiger partial charge on any atom is -0.322 e. The molecule has 2 amide bonds. The van der Waals surface area contributed by atoms with Crippen molar-refractivity contribution in [2.75, 3.05) is 10.6 Å². The number of fused-ring (bicyclic) bond motifs is 1. The Labute approximate surface area is 153 Å². The van der Waals surface area contributed by atoms with Gasteiger partial charge in [-0.2, -0.15) is 10.2 Å².